The zero-order valence-corrected chi connectivity index (χ0v) is 16.2. The molecule has 0 bridgehead atoms. The first-order chi connectivity index (χ1) is 14.0. The van der Waals surface area contributed by atoms with Crippen LogP contribution in [0.1, 0.15) is 32.7 Å². The molecular formula is C23H20N2O4. The van der Waals surface area contributed by atoms with E-state index in [2.05, 4.69) is 5.32 Å². The highest BCUT2D eigenvalue weighted by atomic mass is 16.5. The van der Waals surface area contributed by atoms with Crippen LogP contribution in [-0.4, -0.2) is 36.3 Å². The number of carbonyl (C=O) groups is 3. The number of nitrogens with zero attached hydrogens (tertiary/aromatic N) is 1. The lowest BCUT2D eigenvalue weighted by Crippen LogP contribution is -2.41. The summed E-state index contributed by atoms with van der Waals surface area (Å²) in [5.74, 6) is -0.498. The Kier molecular flexibility index (Phi) is 4.76. The highest BCUT2D eigenvalue weighted by molar-refractivity contribution is 6.25. The number of carbonyl (C=O) groups excluding carboxylic acids is 3. The SMILES string of the molecule is COc1ccc(C)cc1NC(=O)CCN1C(=O)c2cccc3cccc(c23)C1=O. The first-order valence-corrected chi connectivity index (χ1v) is 9.32. The fraction of sp³-hybridized carbons (Fsp3) is 0.174. The van der Waals surface area contributed by atoms with Gasteiger partial charge in [0.1, 0.15) is 5.75 Å². The lowest BCUT2D eigenvalue weighted by atomic mass is 9.94. The number of rotatable bonds is 5. The maximum Gasteiger partial charge on any atom is 0.261 e. The van der Waals surface area contributed by atoms with Gasteiger partial charge >= 0.3 is 0 Å². The van der Waals surface area contributed by atoms with Gasteiger partial charge in [0.25, 0.3) is 11.8 Å². The number of methoxy groups -OCH3 is 1. The summed E-state index contributed by atoms with van der Waals surface area (Å²) in [4.78, 5) is 39.4. The summed E-state index contributed by atoms with van der Waals surface area (Å²) in [5.41, 5.74) is 2.51. The molecule has 3 aromatic rings. The van der Waals surface area contributed by atoms with E-state index in [0.29, 0.717) is 28.0 Å². The third-order valence-electron chi connectivity index (χ3n) is 5.05. The average Bonchev–Trinajstić information content (AvgIpc) is 2.72. The summed E-state index contributed by atoms with van der Waals surface area (Å²) in [6, 6.07) is 16.2. The van der Waals surface area contributed by atoms with Gasteiger partial charge in [-0.05, 0) is 42.1 Å². The van der Waals surface area contributed by atoms with Gasteiger partial charge in [-0.3, -0.25) is 19.3 Å². The fourth-order valence-corrected chi connectivity index (χ4v) is 3.63. The minimum Gasteiger partial charge on any atom is -0.495 e. The Morgan fingerprint density at radius 3 is 2.28 bits per heavy atom. The first kappa shape index (κ1) is 18.7. The molecular weight excluding hydrogens is 368 g/mol. The summed E-state index contributed by atoms with van der Waals surface area (Å²) < 4.78 is 5.27. The van der Waals surface area contributed by atoms with Crippen LogP contribution < -0.4 is 10.1 Å². The Morgan fingerprint density at radius 1 is 1.00 bits per heavy atom. The molecule has 0 aliphatic carbocycles. The number of imide groups is 1. The lowest BCUT2D eigenvalue weighted by Gasteiger charge is -2.27. The van der Waals surface area contributed by atoms with E-state index in [1.807, 2.05) is 31.2 Å². The number of amides is 3. The van der Waals surface area contributed by atoms with Crippen LogP contribution in [0.5, 0.6) is 5.75 Å². The van der Waals surface area contributed by atoms with Gasteiger partial charge in [-0.2, -0.15) is 0 Å². The van der Waals surface area contributed by atoms with Crippen LogP contribution in [0, 0.1) is 6.92 Å². The van der Waals surface area contributed by atoms with Gasteiger partial charge in [0.2, 0.25) is 5.91 Å². The normalized spacial score (nSPS) is 13.0. The molecule has 1 aliphatic heterocycles. The molecule has 6 heteroatoms. The largest absolute Gasteiger partial charge is 0.495 e. The average molecular weight is 388 g/mol. The Morgan fingerprint density at radius 2 is 1.66 bits per heavy atom. The number of hydrogen-bond donors (Lipinski definition) is 1. The van der Waals surface area contributed by atoms with Crippen molar-refractivity contribution < 1.29 is 19.1 Å². The zero-order valence-electron chi connectivity index (χ0n) is 16.2. The number of anilines is 1. The molecule has 0 unspecified atom stereocenters. The van der Waals surface area contributed by atoms with Gasteiger partial charge in [0.15, 0.2) is 0 Å². The summed E-state index contributed by atoms with van der Waals surface area (Å²) in [7, 11) is 1.53. The molecule has 29 heavy (non-hydrogen) atoms. The van der Waals surface area contributed by atoms with Crippen LogP contribution in [0.3, 0.4) is 0 Å². The molecule has 3 aromatic carbocycles. The lowest BCUT2D eigenvalue weighted by molar-refractivity contribution is -0.116. The molecule has 6 nitrogen and oxygen atoms in total. The molecule has 3 amide bonds. The molecule has 0 saturated carbocycles. The van der Waals surface area contributed by atoms with E-state index in [9.17, 15) is 14.4 Å². The van der Waals surface area contributed by atoms with Gasteiger partial charge in [0.05, 0.1) is 12.8 Å². The van der Waals surface area contributed by atoms with Crippen molar-refractivity contribution in [3.8, 4) is 5.75 Å². The second-order valence-corrected chi connectivity index (χ2v) is 6.97. The first-order valence-electron chi connectivity index (χ1n) is 9.32. The fourth-order valence-electron chi connectivity index (χ4n) is 3.63. The van der Waals surface area contributed by atoms with Crippen LogP contribution >= 0.6 is 0 Å². The molecule has 0 spiro atoms. The highest BCUT2D eigenvalue weighted by Gasteiger charge is 2.32. The van der Waals surface area contributed by atoms with Crippen LogP contribution in [0.4, 0.5) is 5.69 Å². The van der Waals surface area contributed by atoms with E-state index in [-0.39, 0.29) is 30.7 Å². The molecule has 0 aromatic heterocycles. The van der Waals surface area contributed by atoms with Crippen LogP contribution in [0.25, 0.3) is 10.8 Å². The summed E-state index contributed by atoms with van der Waals surface area (Å²) in [5, 5.41) is 4.33. The molecule has 1 N–H and O–H groups in total. The van der Waals surface area contributed by atoms with E-state index in [4.69, 9.17) is 4.74 Å². The standard InChI is InChI=1S/C23H20N2O4/c1-14-9-10-19(29-2)18(13-14)24-20(26)11-12-25-22(27)16-7-3-5-15-6-4-8-17(21(15)16)23(25)28/h3-10,13H,11-12H2,1-2H3,(H,24,26). The van der Waals surface area contributed by atoms with Crippen molar-refractivity contribution in [2.24, 2.45) is 0 Å². The molecule has 0 saturated heterocycles. The van der Waals surface area contributed by atoms with E-state index < -0.39 is 0 Å². The van der Waals surface area contributed by atoms with E-state index in [0.717, 1.165) is 15.8 Å². The van der Waals surface area contributed by atoms with Crippen molar-refractivity contribution in [3.05, 3.63) is 71.3 Å². The van der Waals surface area contributed by atoms with Gasteiger partial charge in [-0.1, -0.05) is 30.3 Å². The third-order valence-corrected chi connectivity index (χ3v) is 5.05. The van der Waals surface area contributed by atoms with Gasteiger partial charge in [-0.15, -0.1) is 0 Å². The maximum atomic E-state index is 12.9. The minimum absolute atomic E-state index is 0.00233. The number of hydrogen-bond acceptors (Lipinski definition) is 4. The monoisotopic (exact) mass is 388 g/mol. The Labute approximate surface area is 168 Å². The van der Waals surface area contributed by atoms with Crippen molar-refractivity contribution >= 4 is 34.2 Å². The molecule has 1 heterocycles. The van der Waals surface area contributed by atoms with Gasteiger partial charge in [0, 0.05) is 29.5 Å². The summed E-state index contributed by atoms with van der Waals surface area (Å²) >= 11 is 0. The van der Waals surface area contributed by atoms with Crippen LogP contribution in [-0.2, 0) is 4.79 Å². The molecule has 0 radical (unpaired) electrons. The summed E-state index contributed by atoms with van der Waals surface area (Å²) in [6.45, 7) is 1.92. The van der Waals surface area contributed by atoms with Gasteiger partial charge in [-0.25, -0.2) is 0 Å². The number of ether oxygens (including phenoxy) is 1. The van der Waals surface area contributed by atoms with Gasteiger partial charge < -0.3 is 10.1 Å². The van der Waals surface area contributed by atoms with Crippen LogP contribution in [0.2, 0.25) is 0 Å². The number of aryl methyl sites for hydroxylation is 1. The smallest absolute Gasteiger partial charge is 0.261 e. The van der Waals surface area contributed by atoms with E-state index in [1.165, 1.54) is 7.11 Å². The predicted octanol–water partition coefficient (Wildman–Crippen LogP) is 3.78. The zero-order chi connectivity index (χ0) is 20.5. The Hall–Kier alpha value is -3.67. The maximum absolute atomic E-state index is 12.9. The predicted molar refractivity (Wildman–Crippen MR) is 110 cm³/mol. The highest BCUT2D eigenvalue weighted by Crippen LogP contribution is 2.30. The van der Waals surface area contributed by atoms with Crippen molar-refractivity contribution in [2.45, 2.75) is 13.3 Å². The van der Waals surface area contributed by atoms with Crippen molar-refractivity contribution in [2.75, 3.05) is 19.0 Å². The molecule has 0 fully saturated rings. The second kappa shape index (κ2) is 7.39. The number of nitrogens with one attached hydrogen (secondary N) is 1. The van der Waals surface area contributed by atoms with Crippen LogP contribution in [0.15, 0.2) is 54.6 Å². The third kappa shape index (κ3) is 3.33. The van der Waals surface area contributed by atoms with E-state index in [1.54, 1.807) is 30.3 Å². The van der Waals surface area contributed by atoms with E-state index >= 15 is 0 Å². The minimum atomic E-state index is -0.375. The Balaban J connectivity index is 1.52. The molecule has 1 aliphatic rings. The quantitative estimate of drug-likeness (QED) is 0.675. The molecule has 146 valence electrons. The molecule has 0 atom stereocenters. The number of benzene rings is 3. The Bertz CT molecular complexity index is 1100. The van der Waals surface area contributed by atoms with Crippen molar-refractivity contribution in [1.29, 1.82) is 0 Å². The molecule has 4 rings (SSSR count). The van der Waals surface area contributed by atoms with Crippen molar-refractivity contribution in [3.63, 3.8) is 0 Å². The van der Waals surface area contributed by atoms with Crippen molar-refractivity contribution in [1.82, 2.24) is 4.90 Å². The topological polar surface area (TPSA) is 75.7 Å². The second-order valence-electron chi connectivity index (χ2n) is 6.97. The summed E-state index contributed by atoms with van der Waals surface area (Å²) in [6.07, 6.45) is -0.00722.